The molecule has 2 aliphatic rings. The van der Waals surface area contributed by atoms with Crippen LogP contribution in [0.2, 0.25) is 0 Å². The lowest BCUT2D eigenvalue weighted by Crippen LogP contribution is -2.47. The van der Waals surface area contributed by atoms with Gasteiger partial charge in [0.25, 0.3) is 0 Å². The fourth-order valence-corrected chi connectivity index (χ4v) is 4.82. The lowest BCUT2D eigenvalue weighted by Gasteiger charge is -2.36. The molecule has 1 aliphatic heterocycles. The third-order valence-corrected chi connectivity index (χ3v) is 6.52. The van der Waals surface area contributed by atoms with Gasteiger partial charge in [-0.15, -0.1) is 0 Å². The molecule has 1 aromatic carbocycles. The number of rotatable bonds is 3. The maximum absolute atomic E-state index is 9.51. The topological polar surface area (TPSA) is 96.3 Å². The number of aromatic nitrogens is 4. The molecule has 3 N–H and O–H groups in total. The van der Waals surface area contributed by atoms with Crippen molar-refractivity contribution >= 4 is 28.6 Å². The Morgan fingerprint density at radius 1 is 1.00 bits per heavy atom. The van der Waals surface area contributed by atoms with Gasteiger partial charge < -0.3 is 25.2 Å². The number of imidazole rings is 1. The molecule has 30 heavy (non-hydrogen) atoms. The smallest absolute Gasteiger partial charge is 0.229 e. The summed E-state index contributed by atoms with van der Waals surface area (Å²) in [6.07, 6.45) is 6.77. The van der Waals surface area contributed by atoms with Crippen molar-refractivity contribution in [3.8, 4) is 5.75 Å². The number of nitrogen functional groups attached to an aromatic ring is 1. The Bertz CT molecular complexity index is 1020. The minimum Gasteiger partial charge on any atom is -0.508 e. The first-order valence-electron chi connectivity index (χ1n) is 10.9. The van der Waals surface area contributed by atoms with Crippen molar-refractivity contribution in [3.63, 3.8) is 0 Å². The van der Waals surface area contributed by atoms with Gasteiger partial charge in [0, 0.05) is 37.9 Å². The molecular formula is C22H29N7O. The number of nitrogens with zero attached hydrogens (tertiary/aromatic N) is 6. The van der Waals surface area contributed by atoms with E-state index < -0.39 is 0 Å². The van der Waals surface area contributed by atoms with Gasteiger partial charge in [0.15, 0.2) is 11.5 Å². The van der Waals surface area contributed by atoms with Crippen LogP contribution in [0.4, 0.5) is 17.5 Å². The standard InChI is InChI=1S/C22H29N7O/c1-15-3-2-4-17(13-15)29-14-24-19-20(23)25-22(26-21(19)29)28-11-9-27(10-12-28)16-5-7-18(30)8-6-16/h5-8,14-15,17,30H,2-4,9-13H2,1H3,(H2,23,25,26). The quantitative estimate of drug-likeness (QED) is 0.688. The summed E-state index contributed by atoms with van der Waals surface area (Å²) in [6.45, 7) is 5.70. The molecule has 8 heteroatoms. The fourth-order valence-electron chi connectivity index (χ4n) is 4.82. The maximum atomic E-state index is 9.51. The van der Waals surface area contributed by atoms with Crippen LogP contribution < -0.4 is 15.5 Å². The predicted octanol–water partition coefficient (Wildman–Crippen LogP) is 3.19. The molecule has 0 spiro atoms. The van der Waals surface area contributed by atoms with Crippen molar-refractivity contribution in [3.05, 3.63) is 30.6 Å². The summed E-state index contributed by atoms with van der Waals surface area (Å²) in [5, 5.41) is 9.51. The predicted molar refractivity (Wildman–Crippen MR) is 119 cm³/mol. The average Bonchev–Trinajstić information content (AvgIpc) is 3.19. The van der Waals surface area contributed by atoms with Crippen LogP contribution >= 0.6 is 0 Å². The Morgan fingerprint density at radius 2 is 1.73 bits per heavy atom. The monoisotopic (exact) mass is 407 g/mol. The number of nitrogens with two attached hydrogens (primary N) is 1. The third kappa shape index (κ3) is 3.51. The third-order valence-electron chi connectivity index (χ3n) is 6.52. The van der Waals surface area contributed by atoms with E-state index in [0.717, 1.165) is 49.9 Å². The van der Waals surface area contributed by atoms with Crippen LogP contribution in [0.15, 0.2) is 30.6 Å². The first-order valence-corrected chi connectivity index (χ1v) is 10.9. The number of aromatic hydroxyl groups is 1. The molecule has 3 aromatic rings. The van der Waals surface area contributed by atoms with Crippen molar-refractivity contribution in [2.45, 2.75) is 38.6 Å². The zero-order chi connectivity index (χ0) is 20.7. The number of hydrogen-bond donors (Lipinski definition) is 2. The van der Waals surface area contributed by atoms with E-state index in [-0.39, 0.29) is 0 Å². The Morgan fingerprint density at radius 3 is 2.47 bits per heavy atom. The Hall–Kier alpha value is -3.03. The first kappa shape index (κ1) is 19.0. The molecule has 1 saturated carbocycles. The van der Waals surface area contributed by atoms with Crippen LogP contribution in [0.5, 0.6) is 5.75 Å². The van der Waals surface area contributed by atoms with Crippen molar-refractivity contribution in [1.29, 1.82) is 0 Å². The van der Waals surface area contributed by atoms with Gasteiger partial charge in [-0.1, -0.05) is 19.8 Å². The minimum absolute atomic E-state index is 0.290. The number of piperazine rings is 1. The summed E-state index contributed by atoms with van der Waals surface area (Å²) < 4.78 is 2.22. The normalized spacial score (nSPS) is 22.6. The molecule has 2 atom stereocenters. The molecule has 0 amide bonds. The van der Waals surface area contributed by atoms with Gasteiger partial charge in [0.1, 0.15) is 11.3 Å². The van der Waals surface area contributed by atoms with E-state index in [9.17, 15) is 5.11 Å². The molecule has 2 aromatic heterocycles. The van der Waals surface area contributed by atoms with Gasteiger partial charge in [-0.3, -0.25) is 0 Å². The molecule has 5 rings (SSSR count). The summed E-state index contributed by atoms with van der Waals surface area (Å²) in [7, 11) is 0. The summed E-state index contributed by atoms with van der Waals surface area (Å²) in [5.74, 6) is 2.17. The zero-order valence-corrected chi connectivity index (χ0v) is 17.4. The van der Waals surface area contributed by atoms with Crippen LogP contribution in [-0.2, 0) is 0 Å². The van der Waals surface area contributed by atoms with Crippen molar-refractivity contribution in [2.75, 3.05) is 41.7 Å². The molecule has 8 nitrogen and oxygen atoms in total. The molecule has 0 radical (unpaired) electrons. The van der Waals surface area contributed by atoms with Crippen molar-refractivity contribution < 1.29 is 5.11 Å². The number of phenolic OH excluding ortho intramolecular Hbond substituents is 1. The van der Waals surface area contributed by atoms with Crippen LogP contribution in [0.25, 0.3) is 11.2 Å². The Balaban J connectivity index is 1.37. The largest absolute Gasteiger partial charge is 0.508 e. The number of anilines is 3. The van der Waals surface area contributed by atoms with Crippen molar-refractivity contribution in [1.82, 2.24) is 19.5 Å². The highest BCUT2D eigenvalue weighted by atomic mass is 16.3. The number of phenols is 1. The van der Waals surface area contributed by atoms with Crippen LogP contribution in [0.1, 0.15) is 38.6 Å². The summed E-state index contributed by atoms with van der Waals surface area (Å²) in [5.41, 5.74) is 8.96. The van der Waals surface area contributed by atoms with Crippen LogP contribution in [-0.4, -0.2) is 50.8 Å². The van der Waals surface area contributed by atoms with E-state index in [0.29, 0.717) is 29.1 Å². The van der Waals surface area contributed by atoms with E-state index in [2.05, 4.69) is 31.3 Å². The van der Waals surface area contributed by atoms with E-state index >= 15 is 0 Å². The van der Waals surface area contributed by atoms with E-state index in [4.69, 9.17) is 10.7 Å². The Kier molecular flexibility index (Phi) is 4.84. The minimum atomic E-state index is 0.290. The Labute approximate surface area is 176 Å². The highest BCUT2D eigenvalue weighted by Crippen LogP contribution is 2.34. The van der Waals surface area contributed by atoms with E-state index in [1.807, 2.05) is 18.5 Å². The highest BCUT2D eigenvalue weighted by molar-refractivity contribution is 5.83. The molecule has 2 fully saturated rings. The fraction of sp³-hybridized carbons (Fsp3) is 0.500. The summed E-state index contributed by atoms with van der Waals surface area (Å²) in [6, 6.07) is 7.80. The molecule has 158 valence electrons. The van der Waals surface area contributed by atoms with Gasteiger partial charge in [-0.05, 0) is 43.0 Å². The molecule has 1 aliphatic carbocycles. The number of fused-ring (bicyclic) bond motifs is 1. The van der Waals surface area contributed by atoms with Crippen LogP contribution in [0.3, 0.4) is 0 Å². The van der Waals surface area contributed by atoms with Gasteiger partial charge in [0.05, 0.1) is 6.33 Å². The SMILES string of the molecule is CC1CCCC(n2cnc3c(N)nc(N4CCN(c5ccc(O)cc5)CC4)nc32)C1. The maximum Gasteiger partial charge on any atom is 0.229 e. The molecule has 2 unspecified atom stereocenters. The first-order chi connectivity index (χ1) is 14.6. The molecular weight excluding hydrogens is 378 g/mol. The lowest BCUT2D eigenvalue weighted by molar-refractivity contribution is 0.286. The second-order valence-corrected chi connectivity index (χ2v) is 8.65. The number of hydrogen-bond acceptors (Lipinski definition) is 7. The van der Waals surface area contributed by atoms with Crippen LogP contribution in [0, 0.1) is 5.92 Å². The highest BCUT2D eigenvalue weighted by Gasteiger charge is 2.25. The van der Waals surface area contributed by atoms with E-state index in [1.165, 1.54) is 19.3 Å². The lowest BCUT2D eigenvalue weighted by atomic mass is 9.87. The van der Waals surface area contributed by atoms with Crippen molar-refractivity contribution in [2.24, 2.45) is 5.92 Å². The molecule has 3 heterocycles. The molecule has 0 bridgehead atoms. The summed E-state index contributed by atoms with van der Waals surface area (Å²) in [4.78, 5) is 18.5. The second-order valence-electron chi connectivity index (χ2n) is 8.65. The second kappa shape index (κ2) is 7.66. The van der Waals surface area contributed by atoms with Gasteiger partial charge in [0.2, 0.25) is 5.95 Å². The molecule has 1 saturated heterocycles. The van der Waals surface area contributed by atoms with E-state index in [1.54, 1.807) is 12.1 Å². The zero-order valence-electron chi connectivity index (χ0n) is 17.4. The summed E-state index contributed by atoms with van der Waals surface area (Å²) >= 11 is 0. The van der Waals surface area contributed by atoms with Gasteiger partial charge >= 0.3 is 0 Å². The van der Waals surface area contributed by atoms with Gasteiger partial charge in [-0.25, -0.2) is 4.98 Å². The average molecular weight is 408 g/mol. The van der Waals surface area contributed by atoms with Gasteiger partial charge in [-0.2, -0.15) is 9.97 Å². The number of benzene rings is 1.